The minimum Gasteiger partial charge on any atom is -0.399 e. The van der Waals surface area contributed by atoms with Gasteiger partial charge >= 0.3 is 0 Å². The fraction of sp³-hybridized carbons (Fsp3) is 0.417. The number of nitrogens with two attached hydrogens (primary N) is 1. The summed E-state index contributed by atoms with van der Waals surface area (Å²) < 4.78 is 5.03. The molecule has 1 fully saturated rings. The van der Waals surface area contributed by atoms with Crippen LogP contribution < -0.4 is 11.2 Å². The van der Waals surface area contributed by atoms with Crippen molar-refractivity contribution in [2.24, 2.45) is 0 Å². The fourth-order valence-electron chi connectivity index (χ4n) is 1.77. The Balaban J connectivity index is 1.89. The van der Waals surface area contributed by atoms with E-state index in [0.29, 0.717) is 11.3 Å². The van der Waals surface area contributed by atoms with Gasteiger partial charge in [0.05, 0.1) is 6.61 Å². The summed E-state index contributed by atoms with van der Waals surface area (Å²) in [5.74, 6) is -0.553. The van der Waals surface area contributed by atoms with Gasteiger partial charge in [0.1, 0.15) is 18.3 Å². The van der Waals surface area contributed by atoms with E-state index in [2.05, 4.69) is 5.48 Å². The van der Waals surface area contributed by atoms with E-state index in [9.17, 15) is 15.0 Å². The Kier molecular flexibility index (Phi) is 4.53. The van der Waals surface area contributed by atoms with Gasteiger partial charge in [-0.2, -0.15) is 0 Å². The zero-order chi connectivity index (χ0) is 14.7. The molecule has 1 amide bonds. The summed E-state index contributed by atoms with van der Waals surface area (Å²) in [4.78, 5) is 16.6. The van der Waals surface area contributed by atoms with E-state index in [-0.39, 0.29) is 0 Å². The van der Waals surface area contributed by atoms with Gasteiger partial charge in [-0.1, -0.05) is 0 Å². The smallest absolute Gasteiger partial charge is 0.274 e. The quantitative estimate of drug-likeness (QED) is 0.331. The SMILES string of the molecule is Nc1ccc(C(=O)NOC2O[C@H](CO)[C@H](O)[C@H]2O)cc1. The number of rotatable bonds is 4. The molecule has 0 aromatic heterocycles. The first kappa shape index (κ1) is 14.7. The van der Waals surface area contributed by atoms with Crippen LogP contribution in [-0.2, 0) is 9.57 Å². The van der Waals surface area contributed by atoms with Crippen LogP contribution >= 0.6 is 0 Å². The molecule has 0 bridgehead atoms. The molecule has 1 aliphatic rings. The Hall–Kier alpha value is -1.71. The number of hydrogen-bond donors (Lipinski definition) is 5. The molecule has 6 N–H and O–H groups in total. The first-order valence-electron chi connectivity index (χ1n) is 5.97. The van der Waals surface area contributed by atoms with Gasteiger partial charge in [0, 0.05) is 11.3 Å². The second-order valence-corrected chi connectivity index (χ2v) is 4.38. The first-order valence-corrected chi connectivity index (χ1v) is 5.97. The highest BCUT2D eigenvalue weighted by Crippen LogP contribution is 2.21. The van der Waals surface area contributed by atoms with Gasteiger partial charge in [-0.25, -0.2) is 10.3 Å². The Morgan fingerprint density at radius 1 is 1.30 bits per heavy atom. The molecule has 0 saturated carbocycles. The summed E-state index contributed by atoms with van der Waals surface area (Å²) in [5.41, 5.74) is 8.43. The van der Waals surface area contributed by atoms with Gasteiger partial charge in [-0.05, 0) is 24.3 Å². The van der Waals surface area contributed by atoms with Crippen molar-refractivity contribution in [3.8, 4) is 0 Å². The summed E-state index contributed by atoms with van der Waals surface area (Å²) in [6.07, 6.45) is -4.85. The van der Waals surface area contributed by atoms with E-state index < -0.39 is 37.1 Å². The van der Waals surface area contributed by atoms with Crippen molar-refractivity contribution in [3.63, 3.8) is 0 Å². The van der Waals surface area contributed by atoms with E-state index in [1.54, 1.807) is 12.1 Å². The van der Waals surface area contributed by atoms with Crippen molar-refractivity contribution < 1.29 is 29.7 Å². The van der Waals surface area contributed by atoms with Crippen LogP contribution in [0.15, 0.2) is 24.3 Å². The number of nitrogens with one attached hydrogen (secondary N) is 1. The average molecular weight is 284 g/mol. The maximum atomic E-state index is 11.7. The summed E-state index contributed by atoms with van der Waals surface area (Å²) in [7, 11) is 0. The molecule has 0 radical (unpaired) electrons. The highest BCUT2D eigenvalue weighted by Gasteiger charge is 2.43. The number of hydroxylamine groups is 1. The van der Waals surface area contributed by atoms with Gasteiger partial charge in [-0.3, -0.25) is 4.79 Å². The Labute approximate surface area is 114 Å². The minimum absolute atomic E-state index is 0.311. The molecule has 1 aromatic rings. The topological polar surface area (TPSA) is 134 Å². The molecule has 2 rings (SSSR count). The summed E-state index contributed by atoms with van der Waals surface area (Å²) in [5, 5.41) is 28.0. The van der Waals surface area contributed by atoms with E-state index >= 15 is 0 Å². The van der Waals surface area contributed by atoms with E-state index in [1.165, 1.54) is 12.1 Å². The van der Waals surface area contributed by atoms with Gasteiger partial charge in [0.25, 0.3) is 5.91 Å². The van der Waals surface area contributed by atoms with Crippen LogP contribution in [-0.4, -0.2) is 52.4 Å². The average Bonchev–Trinajstić information content (AvgIpc) is 2.73. The number of carbonyl (C=O) groups excluding carboxylic acids is 1. The lowest BCUT2D eigenvalue weighted by molar-refractivity contribution is -0.192. The molecule has 20 heavy (non-hydrogen) atoms. The number of nitrogen functional groups attached to an aromatic ring is 1. The van der Waals surface area contributed by atoms with Crippen molar-refractivity contribution in [3.05, 3.63) is 29.8 Å². The molecule has 4 atom stereocenters. The fourth-order valence-corrected chi connectivity index (χ4v) is 1.77. The summed E-state index contributed by atoms with van der Waals surface area (Å²) in [6.45, 7) is -0.468. The van der Waals surface area contributed by atoms with Crippen LogP contribution in [0, 0.1) is 0 Å². The zero-order valence-corrected chi connectivity index (χ0v) is 10.5. The normalized spacial score (nSPS) is 29.4. The minimum atomic E-state index is -1.36. The summed E-state index contributed by atoms with van der Waals surface area (Å²) in [6, 6.07) is 6.12. The van der Waals surface area contributed by atoms with Gasteiger partial charge < -0.3 is 25.8 Å². The first-order chi connectivity index (χ1) is 9.52. The molecule has 0 spiro atoms. The highest BCUT2D eigenvalue weighted by molar-refractivity contribution is 5.93. The van der Waals surface area contributed by atoms with Crippen LogP contribution in [0.1, 0.15) is 10.4 Å². The van der Waals surface area contributed by atoms with Gasteiger partial charge in [0.15, 0.2) is 0 Å². The Morgan fingerprint density at radius 3 is 2.50 bits per heavy atom. The molecule has 1 heterocycles. The number of ether oxygens (including phenoxy) is 1. The molecule has 8 nitrogen and oxygen atoms in total. The second-order valence-electron chi connectivity index (χ2n) is 4.38. The Bertz CT molecular complexity index is 466. The number of benzene rings is 1. The number of aliphatic hydroxyl groups excluding tert-OH is 3. The second kappa shape index (κ2) is 6.16. The lowest BCUT2D eigenvalue weighted by Crippen LogP contribution is -2.38. The van der Waals surface area contributed by atoms with Crippen LogP contribution in [0.2, 0.25) is 0 Å². The van der Waals surface area contributed by atoms with Crippen molar-refractivity contribution in [1.82, 2.24) is 5.48 Å². The van der Waals surface area contributed by atoms with Crippen molar-refractivity contribution in [2.75, 3.05) is 12.3 Å². The zero-order valence-electron chi connectivity index (χ0n) is 10.5. The third kappa shape index (κ3) is 3.06. The maximum absolute atomic E-state index is 11.7. The van der Waals surface area contributed by atoms with Crippen LogP contribution in [0.5, 0.6) is 0 Å². The van der Waals surface area contributed by atoms with E-state index in [4.69, 9.17) is 20.4 Å². The molecule has 110 valence electrons. The molecular formula is C12H16N2O6. The molecule has 8 heteroatoms. The standard InChI is InChI=1S/C12H16N2O6/c13-7-3-1-6(2-4-7)11(18)14-20-12-10(17)9(16)8(5-15)19-12/h1-4,8-10,12,15-17H,5,13H2,(H,14,18)/t8-,9+,10-,12?/m1/s1. The van der Waals surface area contributed by atoms with Crippen LogP contribution in [0.3, 0.4) is 0 Å². The van der Waals surface area contributed by atoms with Gasteiger partial charge in [0.2, 0.25) is 6.29 Å². The molecule has 1 saturated heterocycles. The van der Waals surface area contributed by atoms with Crippen molar-refractivity contribution in [1.29, 1.82) is 0 Å². The molecule has 1 aliphatic heterocycles. The van der Waals surface area contributed by atoms with Crippen molar-refractivity contribution >= 4 is 11.6 Å². The van der Waals surface area contributed by atoms with E-state index in [1.807, 2.05) is 0 Å². The maximum Gasteiger partial charge on any atom is 0.274 e. The number of amides is 1. The number of hydrogen-bond acceptors (Lipinski definition) is 7. The molecule has 1 unspecified atom stereocenters. The molecular weight excluding hydrogens is 268 g/mol. The number of aliphatic hydroxyl groups is 3. The van der Waals surface area contributed by atoms with E-state index in [0.717, 1.165) is 0 Å². The lowest BCUT2D eigenvalue weighted by atomic mass is 10.1. The molecule has 1 aromatic carbocycles. The number of carbonyl (C=O) groups is 1. The number of anilines is 1. The Morgan fingerprint density at radius 2 is 1.95 bits per heavy atom. The lowest BCUT2D eigenvalue weighted by Gasteiger charge is -2.15. The predicted molar refractivity (Wildman–Crippen MR) is 67.2 cm³/mol. The predicted octanol–water partition coefficient (Wildman–Crippen LogP) is -1.63. The third-order valence-corrected chi connectivity index (χ3v) is 2.94. The third-order valence-electron chi connectivity index (χ3n) is 2.94. The molecule has 0 aliphatic carbocycles. The van der Waals surface area contributed by atoms with Crippen LogP contribution in [0.25, 0.3) is 0 Å². The monoisotopic (exact) mass is 284 g/mol. The summed E-state index contributed by atoms with van der Waals surface area (Å²) >= 11 is 0. The largest absolute Gasteiger partial charge is 0.399 e. The highest BCUT2D eigenvalue weighted by atomic mass is 16.8. The van der Waals surface area contributed by atoms with Gasteiger partial charge in [-0.15, -0.1) is 0 Å². The van der Waals surface area contributed by atoms with Crippen molar-refractivity contribution in [2.45, 2.75) is 24.6 Å². The van der Waals surface area contributed by atoms with Crippen LogP contribution in [0.4, 0.5) is 5.69 Å².